The van der Waals surface area contributed by atoms with Crippen LogP contribution in [-0.4, -0.2) is 20.6 Å². The number of aromatic amines is 1. The Bertz CT molecular complexity index is 650. The Morgan fingerprint density at radius 2 is 1.90 bits per heavy atom. The van der Waals surface area contributed by atoms with Crippen molar-refractivity contribution in [2.24, 2.45) is 0 Å². The summed E-state index contributed by atoms with van der Waals surface area (Å²) in [5.74, 6) is 0.600. The molecule has 2 aromatic carbocycles. The number of anilines is 1. The zero-order valence-corrected chi connectivity index (χ0v) is 10.7. The van der Waals surface area contributed by atoms with Gasteiger partial charge in [0.1, 0.15) is 0 Å². The van der Waals surface area contributed by atoms with Crippen molar-refractivity contribution in [3.8, 4) is 11.4 Å². The van der Waals surface area contributed by atoms with Gasteiger partial charge in [0.15, 0.2) is 0 Å². The van der Waals surface area contributed by atoms with Crippen LogP contribution < -0.4 is 10.9 Å². The van der Waals surface area contributed by atoms with Gasteiger partial charge in [0.05, 0.1) is 0 Å². The third kappa shape index (κ3) is 2.99. The van der Waals surface area contributed by atoms with E-state index in [0.717, 1.165) is 16.8 Å². The van der Waals surface area contributed by atoms with Gasteiger partial charge in [-0.05, 0) is 29.0 Å². The Hall–Kier alpha value is -2.73. The molecule has 0 spiro atoms. The minimum absolute atomic E-state index is 0.600. The van der Waals surface area contributed by atoms with E-state index in [0.29, 0.717) is 12.4 Å². The largest absolute Gasteiger partial charge is 0.321 e. The lowest BCUT2D eigenvalue weighted by molar-refractivity contribution is 0.801. The number of nitrogens with zero attached hydrogens (tertiary/aromatic N) is 3. The maximum absolute atomic E-state index is 3.97. The predicted octanol–water partition coefficient (Wildman–Crippen LogP) is 1.98. The number of hydrogen-bond acceptors (Lipinski definition) is 5. The van der Waals surface area contributed by atoms with Gasteiger partial charge >= 0.3 is 0 Å². The van der Waals surface area contributed by atoms with Crippen LogP contribution in [0.4, 0.5) is 5.69 Å². The summed E-state index contributed by atoms with van der Waals surface area (Å²) in [5, 5.41) is 14.0. The highest BCUT2D eigenvalue weighted by Crippen LogP contribution is 2.14. The molecule has 100 valence electrons. The van der Waals surface area contributed by atoms with E-state index in [4.69, 9.17) is 0 Å². The minimum atomic E-state index is 0.600. The molecule has 3 N–H and O–H groups in total. The van der Waals surface area contributed by atoms with Crippen LogP contribution in [0.2, 0.25) is 0 Å². The fourth-order valence-electron chi connectivity index (χ4n) is 1.87. The molecule has 1 heterocycles. The lowest BCUT2D eigenvalue weighted by atomic mass is 10.1. The number of aromatic nitrogens is 4. The van der Waals surface area contributed by atoms with Crippen LogP contribution in [0, 0.1) is 0 Å². The minimum Gasteiger partial charge on any atom is -0.321 e. The highest BCUT2D eigenvalue weighted by Gasteiger charge is 2.03. The molecule has 0 aliphatic heterocycles. The van der Waals surface area contributed by atoms with Gasteiger partial charge < -0.3 is 5.43 Å². The monoisotopic (exact) mass is 266 g/mol. The fourth-order valence-corrected chi connectivity index (χ4v) is 1.87. The first-order chi connectivity index (χ1) is 9.92. The van der Waals surface area contributed by atoms with Crippen LogP contribution in [-0.2, 0) is 6.54 Å². The molecule has 3 aromatic rings. The van der Waals surface area contributed by atoms with Gasteiger partial charge in [-0.3, -0.25) is 0 Å². The predicted molar refractivity (Wildman–Crippen MR) is 76.5 cm³/mol. The lowest BCUT2D eigenvalue weighted by Crippen LogP contribution is -2.20. The van der Waals surface area contributed by atoms with Gasteiger partial charge in [-0.25, -0.2) is 5.43 Å². The average molecular weight is 266 g/mol. The molecule has 0 saturated carbocycles. The zero-order valence-electron chi connectivity index (χ0n) is 10.7. The Kier molecular flexibility index (Phi) is 3.66. The fraction of sp³-hybridized carbons (Fsp3) is 0.0714. The molecule has 3 rings (SSSR count). The lowest BCUT2D eigenvalue weighted by Gasteiger charge is -2.08. The summed E-state index contributed by atoms with van der Waals surface area (Å²) in [5.41, 5.74) is 9.43. The van der Waals surface area contributed by atoms with Crippen LogP contribution in [0.25, 0.3) is 11.4 Å². The van der Waals surface area contributed by atoms with E-state index in [-0.39, 0.29) is 0 Å². The molecule has 0 bridgehead atoms. The Morgan fingerprint density at radius 3 is 2.70 bits per heavy atom. The van der Waals surface area contributed by atoms with Crippen LogP contribution in [0.15, 0.2) is 54.6 Å². The number of para-hydroxylation sites is 1. The average Bonchev–Trinajstić information content (AvgIpc) is 3.03. The van der Waals surface area contributed by atoms with Crippen molar-refractivity contribution >= 4 is 5.69 Å². The van der Waals surface area contributed by atoms with Crippen LogP contribution in [0.1, 0.15) is 5.56 Å². The molecule has 0 fully saturated rings. The maximum Gasteiger partial charge on any atom is 0.204 e. The standard InChI is InChI=1S/C14H14N6/c1-2-7-13(8-3-1)16-15-10-11-5-4-6-12(9-11)14-17-19-20-18-14/h1-9,15-16H,10H2,(H,17,18,19,20). The number of hydrogen-bond donors (Lipinski definition) is 3. The van der Waals surface area contributed by atoms with E-state index >= 15 is 0 Å². The third-order valence-electron chi connectivity index (χ3n) is 2.83. The van der Waals surface area contributed by atoms with Crippen molar-refractivity contribution in [3.63, 3.8) is 0 Å². The number of H-pyrrole nitrogens is 1. The highest BCUT2D eigenvalue weighted by atomic mass is 15.5. The Labute approximate surface area is 116 Å². The van der Waals surface area contributed by atoms with E-state index in [1.165, 1.54) is 0 Å². The molecule has 0 radical (unpaired) electrons. The topological polar surface area (TPSA) is 78.5 Å². The number of tetrazole rings is 1. The van der Waals surface area contributed by atoms with Crippen molar-refractivity contribution in [2.75, 3.05) is 5.43 Å². The molecule has 6 heteroatoms. The quantitative estimate of drug-likeness (QED) is 0.615. The molecule has 6 nitrogen and oxygen atoms in total. The Morgan fingerprint density at radius 1 is 1.00 bits per heavy atom. The molecule has 0 unspecified atom stereocenters. The zero-order chi connectivity index (χ0) is 13.6. The number of hydrazine groups is 1. The summed E-state index contributed by atoms with van der Waals surface area (Å²) in [6, 6.07) is 18.0. The van der Waals surface area contributed by atoms with Crippen LogP contribution >= 0.6 is 0 Å². The summed E-state index contributed by atoms with van der Waals surface area (Å²) in [4.78, 5) is 0. The molecule has 0 atom stereocenters. The molecule has 1 aromatic heterocycles. The SMILES string of the molecule is c1ccc(NNCc2cccc(-c3nn[nH]n3)c2)cc1. The number of nitrogens with one attached hydrogen (secondary N) is 3. The first kappa shape index (κ1) is 12.3. The van der Waals surface area contributed by atoms with Crippen molar-refractivity contribution in [3.05, 3.63) is 60.2 Å². The second-order valence-electron chi connectivity index (χ2n) is 4.28. The van der Waals surface area contributed by atoms with Gasteiger partial charge in [0, 0.05) is 17.8 Å². The smallest absolute Gasteiger partial charge is 0.204 e. The van der Waals surface area contributed by atoms with Crippen molar-refractivity contribution < 1.29 is 0 Å². The van der Waals surface area contributed by atoms with E-state index < -0.39 is 0 Å². The molecule has 0 aliphatic rings. The summed E-state index contributed by atoms with van der Waals surface area (Å²) >= 11 is 0. The van der Waals surface area contributed by atoms with E-state index in [1.807, 2.05) is 54.6 Å². The van der Waals surface area contributed by atoms with Gasteiger partial charge in [0.25, 0.3) is 0 Å². The second kappa shape index (κ2) is 5.94. The van der Waals surface area contributed by atoms with Crippen LogP contribution in [0.5, 0.6) is 0 Å². The van der Waals surface area contributed by atoms with E-state index in [9.17, 15) is 0 Å². The second-order valence-corrected chi connectivity index (χ2v) is 4.28. The first-order valence-electron chi connectivity index (χ1n) is 6.28. The first-order valence-corrected chi connectivity index (χ1v) is 6.28. The molecular formula is C14H14N6. The summed E-state index contributed by atoms with van der Waals surface area (Å²) < 4.78 is 0. The number of rotatable bonds is 5. The van der Waals surface area contributed by atoms with Crippen molar-refractivity contribution in [1.82, 2.24) is 26.0 Å². The Balaban J connectivity index is 1.62. The third-order valence-corrected chi connectivity index (χ3v) is 2.83. The van der Waals surface area contributed by atoms with Gasteiger partial charge in [0.2, 0.25) is 5.82 Å². The summed E-state index contributed by atoms with van der Waals surface area (Å²) in [7, 11) is 0. The van der Waals surface area contributed by atoms with Gasteiger partial charge in [-0.1, -0.05) is 36.4 Å². The number of benzene rings is 2. The normalized spacial score (nSPS) is 10.4. The molecular weight excluding hydrogens is 252 g/mol. The van der Waals surface area contributed by atoms with Gasteiger partial charge in [-0.15, -0.1) is 10.2 Å². The van der Waals surface area contributed by atoms with E-state index in [2.05, 4.69) is 31.5 Å². The summed E-state index contributed by atoms with van der Waals surface area (Å²) in [6.07, 6.45) is 0. The molecule has 0 amide bonds. The molecule has 20 heavy (non-hydrogen) atoms. The molecule has 0 saturated heterocycles. The molecule has 0 aliphatic carbocycles. The highest BCUT2D eigenvalue weighted by molar-refractivity contribution is 5.54. The van der Waals surface area contributed by atoms with Gasteiger partial charge in [-0.2, -0.15) is 5.21 Å². The van der Waals surface area contributed by atoms with Crippen molar-refractivity contribution in [1.29, 1.82) is 0 Å². The maximum atomic E-state index is 3.97. The van der Waals surface area contributed by atoms with Crippen molar-refractivity contribution in [2.45, 2.75) is 6.54 Å². The summed E-state index contributed by atoms with van der Waals surface area (Å²) in [6.45, 7) is 0.695. The van der Waals surface area contributed by atoms with Crippen LogP contribution in [0.3, 0.4) is 0 Å². The van der Waals surface area contributed by atoms with E-state index in [1.54, 1.807) is 0 Å².